The van der Waals surface area contributed by atoms with Crippen molar-refractivity contribution in [1.82, 2.24) is 0 Å². The van der Waals surface area contributed by atoms with Gasteiger partial charge in [0.25, 0.3) is 0 Å². The lowest BCUT2D eigenvalue weighted by Gasteiger charge is -2.24. The van der Waals surface area contributed by atoms with Crippen molar-refractivity contribution in [2.24, 2.45) is 17.8 Å². The molecule has 0 aliphatic heterocycles. The molecule has 0 heterocycles. The Balaban J connectivity index is 2.44. The molecule has 4 nitrogen and oxygen atoms in total. The second kappa shape index (κ2) is 13.2. The molecule has 0 bridgehead atoms. The quantitative estimate of drug-likeness (QED) is 0.381. The van der Waals surface area contributed by atoms with Crippen molar-refractivity contribution in [2.75, 3.05) is 0 Å². The third kappa shape index (κ3) is 9.86. The molecule has 1 aliphatic rings. The first-order valence-corrected chi connectivity index (χ1v) is 10.5. The van der Waals surface area contributed by atoms with Crippen LogP contribution in [-0.4, -0.2) is 22.2 Å². The lowest BCUT2D eigenvalue weighted by atomic mass is 9.80. The van der Waals surface area contributed by atoms with Gasteiger partial charge in [-0.2, -0.15) is 0 Å². The molecule has 4 heteroatoms. The first-order chi connectivity index (χ1) is 12.0. The molecule has 2 unspecified atom stereocenters. The van der Waals surface area contributed by atoms with Crippen molar-refractivity contribution >= 4 is 11.9 Å². The highest BCUT2D eigenvalue weighted by Gasteiger charge is 2.29. The van der Waals surface area contributed by atoms with Crippen LogP contribution in [0.5, 0.6) is 0 Å². The van der Waals surface area contributed by atoms with Crippen molar-refractivity contribution < 1.29 is 19.8 Å². The Bertz CT molecular complexity index is 374. The zero-order valence-electron chi connectivity index (χ0n) is 16.0. The maximum atomic E-state index is 11.6. The molecule has 1 fully saturated rings. The summed E-state index contributed by atoms with van der Waals surface area (Å²) < 4.78 is 0. The van der Waals surface area contributed by atoms with Gasteiger partial charge in [0.1, 0.15) is 0 Å². The Labute approximate surface area is 153 Å². The number of carboxylic acid groups (broad SMARTS) is 2. The van der Waals surface area contributed by atoms with Crippen LogP contribution in [0, 0.1) is 17.8 Å². The lowest BCUT2D eigenvalue weighted by molar-refractivity contribution is -0.150. The Morgan fingerprint density at radius 1 is 0.920 bits per heavy atom. The molecular formula is C21H38O4. The third-order valence-electron chi connectivity index (χ3n) is 5.87. The van der Waals surface area contributed by atoms with E-state index in [1.54, 1.807) is 0 Å². The molecule has 0 spiro atoms. The van der Waals surface area contributed by atoms with Gasteiger partial charge in [0.15, 0.2) is 0 Å². The predicted octanol–water partition coefficient (Wildman–Crippen LogP) is 5.89. The Morgan fingerprint density at radius 2 is 1.56 bits per heavy atom. The van der Waals surface area contributed by atoms with Gasteiger partial charge in [-0.1, -0.05) is 84.0 Å². The van der Waals surface area contributed by atoms with E-state index in [0.717, 1.165) is 50.9 Å². The molecule has 25 heavy (non-hydrogen) atoms. The number of hydrogen-bond donors (Lipinski definition) is 2. The topological polar surface area (TPSA) is 74.6 Å². The maximum absolute atomic E-state index is 11.6. The second-order valence-electron chi connectivity index (χ2n) is 7.94. The van der Waals surface area contributed by atoms with E-state index in [0.29, 0.717) is 0 Å². The normalized spacial score (nSPS) is 18.0. The van der Waals surface area contributed by atoms with E-state index in [4.69, 9.17) is 5.11 Å². The molecule has 146 valence electrons. The molecule has 2 atom stereocenters. The van der Waals surface area contributed by atoms with E-state index in [1.165, 1.54) is 44.9 Å². The first-order valence-electron chi connectivity index (χ1n) is 10.5. The van der Waals surface area contributed by atoms with Crippen LogP contribution in [0.15, 0.2) is 0 Å². The molecule has 1 aliphatic carbocycles. The summed E-state index contributed by atoms with van der Waals surface area (Å²) in [6.45, 7) is 2.16. The van der Waals surface area contributed by atoms with Gasteiger partial charge >= 0.3 is 11.9 Å². The monoisotopic (exact) mass is 354 g/mol. The standard InChI is InChI=1S/C21H38O4/c1-2-3-4-8-14-18(19(21(24)25)16-20(22)23)15-10-9-13-17-11-6-5-7-12-17/h17-19H,2-16H2,1H3,(H,22,23)(H,24,25). The van der Waals surface area contributed by atoms with Crippen molar-refractivity contribution in [3.63, 3.8) is 0 Å². The largest absolute Gasteiger partial charge is 0.481 e. The van der Waals surface area contributed by atoms with Crippen molar-refractivity contribution in [3.8, 4) is 0 Å². The van der Waals surface area contributed by atoms with Crippen LogP contribution < -0.4 is 0 Å². The van der Waals surface area contributed by atoms with E-state index in [1.807, 2.05) is 0 Å². The average Bonchev–Trinajstić information content (AvgIpc) is 2.59. The molecule has 2 N–H and O–H groups in total. The highest BCUT2D eigenvalue weighted by atomic mass is 16.4. The molecule has 0 aromatic heterocycles. The predicted molar refractivity (Wildman–Crippen MR) is 101 cm³/mol. The van der Waals surface area contributed by atoms with Crippen LogP contribution in [0.3, 0.4) is 0 Å². The molecule has 0 saturated heterocycles. The van der Waals surface area contributed by atoms with Gasteiger partial charge in [-0.3, -0.25) is 9.59 Å². The van der Waals surface area contributed by atoms with Gasteiger partial charge in [0.05, 0.1) is 12.3 Å². The summed E-state index contributed by atoms with van der Waals surface area (Å²) in [6.07, 6.45) is 16.2. The van der Waals surface area contributed by atoms with Gasteiger partial charge in [0, 0.05) is 0 Å². The highest BCUT2D eigenvalue weighted by molar-refractivity contribution is 5.77. The van der Waals surface area contributed by atoms with Crippen LogP contribution in [-0.2, 0) is 9.59 Å². The number of carbonyl (C=O) groups is 2. The number of rotatable bonds is 14. The summed E-state index contributed by atoms with van der Waals surface area (Å²) in [5.41, 5.74) is 0. The molecule has 1 saturated carbocycles. The first kappa shape index (κ1) is 22.0. The van der Waals surface area contributed by atoms with E-state index in [-0.39, 0.29) is 12.3 Å². The van der Waals surface area contributed by atoms with Crippen molar-refractivity contribution in [2.45, 2.75) is 103 Å². The molecular weight excluding hydrogens is 316 g/mol. The minimum atomic E-state index is -0.992. The molecule has 0 amide bonds. The SMILES string of the molecule is CCCCCCC(CCCCC1CCCCC1)C(CC(=O)O)C(=O)O. The van der Waals surface area contributed by atoms with Crippen LogP contribution in [0.25, 0.3) is 0 Å². The lowest BCUT2D eigenvalue weighted by Crippen LogP contribution is -2.26. The number of unbranched alkanes of at least 4 members (excludes halogenated alkanes) is 4. The van der Waals surface area contributed by atoms with Gasteiger partial charge < -0.3 is 10.2 Å². The van der Waals surface area contributed by atoms with Gasteiger partial charge in [-0.25, -0.2) is 0 Å². The minimum Gasteiger partial charge on any atom is -0.481 e. The summed E-state index contributed by atoms with van der Waals surface area (Å²) in [7, 11) is 0. The highest BCUT2D eigenvalue weighted by Crippen LogP contribution is 2.31. The van der Waals surface area contributed by atoms with Gasteiger partial charge in [-0.05, 0) is 24.7 Å². The van der Waals surface area contributed by atoms with E-state index < -0.39 is 17.9 Å². The zero-order chi connectivity index (χ0) is 18.5. The van der Waals surface area contributed by atoms with E-state index in [2.05, 4.69) is 6.92 Å². The molecule has 0 aromatic rings. The fourth-order valence-electron chi connectivity index (χ4n) is 4.34. The van der Waals surface area contributed by atoms with E-state index in [9.17, 15) is 14.7 Å². The fraction of sp³-hybridized carbons (Fsp3) is 0.905. The van der Waals surface area contributed by atoms with Crippen LogP contribution in [0.2, 0.25) is 0 Å². The maximum Gasteiger partial charge on any atom is 0.307 e. The van der Waals surface area contributed by atoms with Crippen LogP contribution in [0.4, 0.5) is 0 Å². The van der Waals surface area contributed by atoms with Crippen LogP contribution >= 0.6 is 0 Å². The third-order valence-corrected chi connectivity index (χ3v) is 5.87. The van der Waals surface area contributed by atoms with Crippen LogP contribution in [0.1, 0.15) is 103 Å². The number of aliphatic carboxylic acids is 2. The number of hydrogen-bond acceptors (Lipinski definition) is 2. The van der Waals surface area contributed by atoms with E-state index >= 15 is 0 Å². The second-order valence-corrected chi connectivity index (χ2v) is 7.94. The smallest absolute Gasteiger partial charge is 0.307 e. The van der Waals surface area contributed by atoms with Crippen molar-refractivity contribution in [3.05, 3.63) is 0 Å². The summed E-state index contributed by atoms with van der Waals surface area (Å²) in [5.74, 6) is -1.78. The summed E-state index contributed by atoms with van der Waals surface area (Å²) in [4.78, 5) is 22.7. The summed E-state index contributed by atoms with van der Waals surface area (Å²) in [5, 5.41) is 18.6. The molecule has 0 radical (unpaired) electrons. The summed E-state index contributed by atoms with van der Waals surface area (Å²) in [6, 6.07) is 0. The Hall–Kier alpha value is -1.06. The minimum absolute atomic E-state index is 0.0109. The number of carboxylic acids is 2. The molecule has 0 aromatic carbocycles. The van der Waals surface area contributed by atoms with Gasteiger partial charge in [0.2, 0.25) is 0 Å². The fourth-order valence-corrected chi connectivity index (χ4v) is 4.34. The zero-order valence-corrected chi connectivity index (χ0v) is 16.0. The van der Waals surface area contributed by atoms with Gasteiger partial charge in [-0.15, -0.1) is 0 Å². The Kier molecular flexibility index (Phi) is 11.6. The van der Waals surface area contributed by atoms with Crippen molar-refractivity contribution in [1.29, 1.82) is 0 Å². The summed E-state index contributed by atoms with van der Waals surface area (Å²) >= 11 is 0. The molecule has 1 rings (SSSR count). The average molecular weight is 355 g/mol. The Morgan fingerprint density at radius 3 is 2.12 bits per heavy atom.